The van der Waals surface area contributed by atoms with Crippen LogP contribution in [0.3, 0.4) is 0 Å². The Morgan fingerprint density at radius 3 is 2.12 bits per heavy atom. The van der Waals surface area contributed by atoms with Gasteiger partial charge in [0.1, 0.15) is 17.4 Å². The van der Waals surface area contributed by atoms with Crippen LogP contribution in [0.4, 0.5) is 42.2 Å². The highest BCUT2D eigenvalue weighted by molar-refractivity contribution is 5.93. The number of alkyl halides is 6. The molecular weight excluding hydrogens is 709 g/mol. The number of aromatic nitrogens is 4. The number of aromatic amines is 1. The molecule has 1 unspecified atom stereocenters. The average Bonchev–Trinajstić information content (AvgIpc) is 3.55. The van der Waals surface area contributed by atoms with Gasteiger partial charge in [0.05, 0.1) is 36.6 Å². The van der Waals surface area contributed by atoms with Crippen LogP contribution in [-0.4, -0.2) is 68.2 Å². The summed E-state index contributed by atoms with van der Waals surface area (Å²) in [7, 11) is 1.59. The summed E-state index contributed by atoms with van der Waals surface area (Å²) in [5.41, 5.74) is 16.2. The minimum absolute atomic E-state index is 0.186. The van der Waals surface area contributed by atoms with Gasteiger partial charge >= 0.3 is 24.3 Å². The fraction of sp³-hybridized carbons (Fsp3) is 0.242. The summed E-state index contributed by atoms with van der Waals surface area (Å²) in [5.74, 6) is -5.10. The first kappa shape index (κ1) is 40.3. The number of hydrogen-bond acceptors (Lipinski definition) is 9. The highest BCUT2D eigenvalue weighted by atomic mass is 19.4. The minimum atomic E-state index is -5.08. The van der Waals surface area contributed by atoms with E-state index in [1.54, 1.807) is 43.9 Å². The Bertz CT molecular complexity index is 2010. The lowest BCUT2D eigenvalue weighted by Gasteiger charge is -2.20. The van der Waals surface area contributed by atoms with E-state index in [9.17, 15) is 26.3 Å². The second-order valence-corrected chi connectivity index (χ2v) is 10.5. The normalized spacial score (nSPS) is 11.8. The Morgan fingerprint density at radius 2 is 1.56 bits per heavy atom. The zero-order valence-electron chi connectivity index (χ0n) is 27.4. The number of hydrogen-bond donors (Lipinski definition) is 5. The van der Waals surface area contributed by atoms with Gasteiger partial charge in [0, 0.05) is 35.2 Å². The smallest absolute Gasteiger partial charge is 0.490 e. The third-order valence-corrected chi connectivity index (χ3v) is 6.98. The van der Waals surface area contributed by atoms with Crippen LogP contribution in [0, 0.1) is 5.82 Å². The number of aliphatic carboxylic acids is 2. The molecule has 3 heterocycles. The number of aryl methyl sites for hydroxylation is 1. The zero-order chi connectivity index (χ0) is 39.0. The topological polar surface area (TPSA) is 200 Å². The van der Waals surface area contributed by atoms with Crippen molar-refractivity contribution in [2.45, 2.75) is 38.5 Å². The first-order valence-corrected chi connectivity index (χ1v) is 14.9. The van der Waals surface area contributed by atoms with E-state index in [1.165, 1.54) is 0 Å². The van der Waals surface area contributed by atoms with Crippen molar-refractivity contribution in [2.24, 2.45) is 0 Å². The van der Waals surface area contributed by atoms with Gasteiger partial charge in [0.2, 0.25) is 0 Å². The molecule has 278 valence electrons. The van der Waals surface area contributed by atoms with Crippen LogP contribution in [0.5, 0.6) is 11.5 Å². The molecule has 1 atom stereocenters. The summed E-state index contributed by atoms with van der Waals surface area (Å²) < 4.78 is 90.7. The molecule has 52 heavy (non-hydrogen) atoms. The fourth-order valence-electron chi connectivity index (χ4n) is 4.65. The van der Waals surface area contributed by atoms with Gasteiger partial charge < -0.3 is 36.1 Å². The molecule has 19 heteroatoms. The highest BCUT2D eigenvalue weighted by Gasteiger charge is 2.39. The quantitative estimate of drug-likeness (QED) is 0.0834. The number of nitrogens with one attached hydrogen (secondary N) is 1. The van der Waals surface area contributed by atoms with Crippen molar-refractivity contribution >= 4 is 34.2 Å². The number of fused-ring (bicyclic) bond motifs is 1. The number of methoxy groups -OCH3 is 1. The maximum absolute atomic E-state index is 16.0. The minimum Gasteiger partial charge on any atom is -0.496 e. The molecule has 0 aliphatic heterocycles. The van der Waals surface area contributed by atoms with Crippen molar-refractivity contribution in [3.8, 4) is 22.8 Å². The van der Waals surface area contributed by atoms with Gasteiger partial charge in [0.25, 0.3) is 0 Å². The number of nitrogens with two attached hydrogens (primary N) is 2. The molecule has 0 spiro atoms. The molecule has 3 aromatic heterocycles. The van der Waals surface area contributed by atoms with Crippen molar-refractivity contribution in [3.63, 3.8) is 0 Å². The van der Waals surface area contributed by atoms with E-state index in [4.69, 9.17) is 50.7 Å². The number of carbonyl (C=O) groups is 2. The maximum Gasteiger partial charge on any atom is 0.490 e. The number of ether oxygens (including phenoxy) is 2. The number of imidazole rings is 1. The molecule has 0 bridgehead atoms. The van der Waals surface area contributed by atoms with Crippen molar-refractivity contribution in [3.05, 3.63) is 89.5 Å². The Morgan fingerprint density at radius 1 is 0.923 bits per heavy atom. The number of benzene rings is 2. The van der Waals surface area contributed by atoms with Crippen molar-refractivity contribution < 1.29 is 60.0 Å². The predicted molar refractivity (Wildman–Crippen MR) is 174 cm³/mol. The van der Waals surface area contributed by atoms with E-state index in [0.29, 0.717) is 58.6 Å². The molecule has 0 fully saturated rings. The van der Waals surface area contributed by atoms with Gasteiger partial charge in [-0.15, -0.1) is 0 Å². The van der Waals surface area contributed by atoms with E-state index >= 15 is 4.39 Å². The number of carboxylic acids is 2. The lowest BCUT2D eigenvalue weighted by atomic mass is 9.90. The first-order valence-electron chi connectivity index (χ1n) is 14.9. The highest BCUT2D eigenvalue weighted by Crippen LogP contribution is 2.39. The van der Waals surface area contributed by atoms with Crippen molar-refractivity contribution in [2.75, 3.05) is 25.2 Å². The monoisotopic (exact) mass is 740 g/mol. The molecule has 5 aromatic rings. The Labute approximate surface area is 290 Å². The largest absolute Gasteiger partial charge is 0.496 e. The number of nitrogen functional groups attached to an aromatic ring is 2. The van der Waals surface area contributed by atoms with E-state index in [1.807, 2.05) is 38.1 Å². The van der Waals surface area contributed by atoms with Crippen LogP contribution in [0.1, 0.15) is 42.4 Å². The standard InChI is InChI=1S/C29H29FN6O2.2C2HF3O2/c1-4-16-10-20(27(30)25(11-16)38-5-2)26(22-13-17-12-18(31)6-7-19(17)28(32)35-22)29-34-15-23(36-29)21-14-33-9-8-24(21)37-3;2*3-2(4,5)1(6)7/h6-15,26H,4-5,31H2,1-3H3,(H2,32,35)(H,34,36);2*(H,6,7). The molecule has 0 radical (unpaired) electrons. The van der Waals surface area contributed by atoms with Crippen LogP contribution in [-0.2, 0) is 16.0 Å². The number of pyridine rings is 2. The van der Waals surface area contributed by atoms with Crippen molar-refractivity contribution in [1.82, 2.24) is 19.9 Å². The molecule has 5 rings (SSSR count). The second-order valence-electron chi connectivity index (χ2n) is 10.5. The van der Waals surface area contributed by atoms with Crippen LogP contribution in [0.2, 0.25) is 0 Å². The molecule has 0 aliphatic rings. The Balaban J connectivity index is 0.000000441. The van der Waals surface area contributed by atoms with Gasteiger partial charge in [-0.1, -0.05) is 13.0 Å². The van der Waals surface area contributed by atoms with Gasteiger partial charge in [-0.3, -0.25) is 4.98 Å². The SMILES string of the molecule is CCOc1cc(CC)cc(C(c2cc3cc(N)ccc3c(N)n2)c2nc(-c3cnccc3OC)c[nH]2)c1F.O=C(O)C(F)(F)F.O=C(O)C(F)(F)F. The summed E-state index contributed by atoms with van der Waals surface area (Å²) in [4.78, 5) is 34.8. The van der Waals surface area contributed by atoms with Gasteiger partial charge in [-0.05, 0) is 60.7 Å². The van der Waals surface area contributed by atoms with Crippen LogP contribution < -0.4 is 20.9 Å². The molecule has 2 aromatic carbocycles. The number of H-pyrrole nitrogens is 1. The number of rotatable bonds is 8. The van der Waals surface area contributed by atoms with Crippen LogP contribution >= 0.6 is 0 Å². The number of anilines is 2. The molecule has 0 amide bonds. The third-order valence-electron chi connectivity index (χ3n) is 6.98. The zero-order valence-corrected chi connectivity index (χ0v) is 27.4. The Hall–Kier alpha value is -6.14. The molecule has 12 nitrogen and oxygen atoms in total. The van der Waals surface area contributed by atoms with E-state index in [-0.39, 0.29) is 5.75 Å². The Kier molecular flexibility index (Phi) is 12.9. The second kappa shape index (κ2) is 16.7. The predicted octanol–water partition coefficient (Wildman–Crippen LogP) is 6.74. The van der Waals surface area contributed by atoms with E-state index in [0.717, 1.165) is 16.3 Å². The van der Waals surface area contributed by atoms with E-state index < -0.39 is 36.0 Å². The van der Waals surface area contributed by atoms with Gasteiger partial charge in [0.15, 0.2) is 11.6 Å². The maximum atomic E-state index is 16.0. The fourth-order valence-corrected chi connectivity index (χ4v) is 4.65. The van der Waals surface area contributed by atoms with Gasteiger partial charge in [-0.25, -0.2) is 23.9 Å². The summed E-state index contributed by atoms with van der Waals surface area (Å²) >= 11 is 0. The molecule has 0 aliphatic carbocycles. The summed E-state index contributed by atoms with van der Waals surface area (Å²) in [6.45, 7) is 4.17. The summed E-state index contributed by atoms with van der Waals surface area (Å²) in [5, 5.41) is 15.8. The summed E-state index contributed by atoms with van der Waals surface area (Å²) in [6, 6.07) is 12.6. The van der Waals surface area contributed by atoms with Crippen LogP contribution in [0.25, 0.3) is 22.0 Å². The average molecular weight is 741 g/mol. The third kappa shape index (κ3) is 9.98. The van der Waals surface area contributed by atoms with Gasteiger partial charge in [-0.2, -0.15) is 26.3 Å². The number of carboxylic acid groups (broad SMARTS) is 2. The lowest BCUT2D eigenvalue weighted by Crippen LogP contribution is -2.21. The lowest BCUT2D eigenvalue weighted by molar-refractivity contribution is -0.193. The van der Waals surface area contributed by atoms with Crippen molar-refractivity contribution in [1.29, 1.82) is 0 Å². The number of nitrogens with zero attached hydrogens (tertiary/aromatic N) is 3. The summed E-state index contributed by atoms with van der Waals surface area (Å²) in [6.07, 6.45) is -4.41. The first-order chi connectivity index (χ1) is 24.3. The molecule has 0 saturated carbocycles. The number of halogens is 7. The van der Waals surface area contributed by atoms with E-state index in [2.05, 4.69) is 9.97 Å². The molecular formula is C33H31F7N6O6. The van der Waals surface area contributed by atoms with Crippen LogP contribution in [0.15, 0.2) is 61.1 Å². The molecule has 7 N–H and O–H groups in total. The molecule has 0 saturated heterocycles.